The maximum atomic E-state index is 12.1. The Morgan fingerprint density at radius 1 is 1.09 bits per heavy atom. The smallest absolute Gasteiger partial charge is 0.306 e. The van der Waals surface area contributed by atoms with Crippen molar-refractivity contribution in [2.75, 3.05) is 0 Å². The van der Waals surface area contributed by atoms with Gasteiger partial charge in [0, 0.05) is 25.2 Å². The zero-order valence-corrected chi connectivity index (χ0v) is 19.9. The number of ether oxygens (including phenoxy) is 1. The van der Waals surface area contributed by atoms with Crippen LogP contribution >= 0.6 is 0 Å². The van der Waals surface area contributed by atoms with Crippen LogP contribution in [0.4, 0.5) is 0 Å². The van der Waals surface area contributed by atoms with E-state index in [0.717, 1.165) is 25.7 Å². The van der Waals surface area contributed by atoms with Gasteiger partial charge in [-0.25, -0.2) is 0 Å². The molecule has 1 aromatic heterocycles. The van der Waals surface area contributed by atoms with E-state index < -0.39 is 5.91 Å². The van der Waals surface area contributed by atoms with Gasteiger partial charge in [0.25, 0.3) is 0 Å². The molecule has 6 atom stereocenters. The van der Waals surface area contributed by atoms with E-state index in [0.29, 0.717) is 17.8 Å². The zero-order valence-electron chi connectivity index (χ0n) is 19.9. The predicted molar refractivity (Wildman–Crippen MR) is 128 cm³/mol. The van der Waals surface area contributed by atoms with E-state index in [1.54, 1.807) is 0 Å². The quantitative estimate of drug-likeness (QED) is 0.495. The monoisotopic (exact) mass is 448 g/mol. The van der Waals surface area contributed by atoms with Crippen molar-refractivity contribution in [3.8, 4) is 0 Å². The molecule has 2 fully saturated rings. The molecule has 0 radical (unpaired) electrons. The molecule has 0 bridgehead atoms. The molecule has 5 nitrogen and oxygen atoms in total. The number of amides is 1. The van der Waals surface area contributed by atoms with E-state index in [-0.39, 0.29) is 35.7 Å². The number of nitrogens with zero attached hydrogens (tertiary/aromatic N) is 1. The molecule has 4 aliphatic carbocycles. The first-order chi connectivity index (χ1) is 15.8. The summed E-state index contributed by atoms with van der Waals surface area (Å²) < 4.78 is 5.72. The number of esters is 1. The Morgan fingerprint density at radius 2 is 1.91 bits per heavy atom. The van der Waals surface area contributed by atoms with E-state index in [9.17, 15) is 9.59 Å². The lowest BCUT2D eigenvalue weighted by molar-refractivity contribution is -0.152. The van der Waals surface area contributed by atoms with Gasteiger partial charge >= 0.3 is 5.97 Å². The number of allylic oxidation sites excluding steroid dienone is 3. The Morgan fingerprint density at radius 3 is 2.67 bits per heavy atom. The number of pyridine rings is 1. The first-order valence-corrected chi connectivity index (χ1v) is 12.6. The highest BCUT2D eigenvalue weighted by Gasteiger charge is 2.57. The third kappa shape index (κ3) is 3.83. The SMILES string of the molecule is CC12CCC(OC(=O)CCC(N)=O)CC1=CCC1C2CCC2(C)C(c3cccnc3)=CCC12. The summed E-state index contributed by atoms with van der Waals surface area (Å²) in [5, 5.41) is 0. The van der Waals surface area contributed by atoms with Gasteiger partial charge in [-0.05, 0) is 84.3 Å². The lowest BCUT2D eigenvalue weighted by Gasteiger charge is -2.57. The highest BCUT2D eigenvalue weighted by Crippen LogP contribution is 2.66. The van der Waals surface area contributed by atoms with Gasteiger partial charge in [-0.15, -0.1) is 0 Å². The first kappa shape index (κ1) is 22.4. The molecule has 4 aliphatic rings. The predicted octanol–water partition coefficient (Wildman–Crippen LogP) is 5.22. The lowest BCUT2D eigenvalue weighted by Crippen LogP contribution is -2.50. The van der Waals surface area contributed by atoms with Crippen molar-refractivity contribution < 1.29 is 14.3 Å². The molecule has 1 heterocycles. The maximum absolute atomic E-state index is 12.1. The molecule has 2 saturated carbocycles. The average Bonchev–Trinajstić information content (AvgIpc) is 3.16. The van der Waals surface area contributed by atoms with Crippen molar-refractivity contribution >= 4 is 17.4 Å². The van der Waals surface area contributed by atoms with Crippen LogP contribution in [0.15, 0.2) is 42.3 Å². The van der Waals surface area contributed by atoms with Crippen LogP contribution in [0, 0.1) is 28.6 Å². The number of carbonyl (C=O) groups is 2. The average molecular weight is 449 g/mol. The second-order valence-corrected chi connectivity index (χ2v) is 11.1. The van der Waals surface area contributed by atoms with Gasteiger partial charge in [-0.2, -0.15) is 0 Å². The fourth-order valence-electron chi connectivity index (χ4n) is 7.74. The summed E-state index contributed by atoms with van der Waals surface area (Å²) in [7, 11) is 0. The second-order valence-electron chi connectivity index (χ2n) is 11.1. The van der Waals surface area contributed by atoms with Crippen LogP contribution < -0.4 is 5.73 Å². The summed E-state index contributed by atoms with van der Waals surface area (Å²) in [5.74, 6) is 1.33. The van der Waals surface area contributed by atoms with Crippen LogP contribution in [0.1, 0.15) is 77.2 Å². The Bertz CT molecular complexity index is 1000. The Hall–Kier alpha value is -2.43. The third-order valence-electron chi connectivity index (χ3n) is 9.49. The molecule has 0 saturated heterocycles. The molecule has 1 amide bonds. The summed E-state index contributed by atoms with van der Waals surface area (Å²) in [4.78, 5) is 27.5. The minimum Gasteiger partial charge on any atom is -0.462 e. The third-order valence-corrected chi connectivity index (χ3v) is 9.49. The lowest BCUT2D eigenvalue weighted by atomic mass is 9.47. The highest BCUT2D eigenvalue weighted by molar-refractivity contribution is 5.80. The van der Waals surface area contributed by atoms with Crippen LogP contribution in [0.2, 0.25) is 0 Å². The first-order valence-electron chi connectivity index (χ1n) is 12.6. The maximum Gasteiger partial charge on any atom is 0.306 e. The minimum absolute atomic E-state index is 0.0605. The Balaban J connectivity index is 1.30. The summed E-state index contributed by atoms with van der Waals surface area (Å²) in [5.41, 5.74) is 9.89. The van der Waals surface area contributed by atoms with Gasteiger partial charge in [0.05, 0.1) is 6.42 Å². The van der Waals surface area contributed by atoms with Crippen LogP contribution in [-0.2, 0) is 14.3 Å². The van der Waals surface area contributed by atoms with E-state index in [2.05, 4.69) is 37.0 Å². The Kier molecular flexibility index (Phi) is 5.70. The largest absolute Gasteiger partial charge is 0.462 e. The van der Waals surface area contributed by atoms with Crippen LogP contribution in [0.25, 0.3) is 5.57 Å². The van der Waals surface area contributed by atoms with Crippen molar-refractivity contribution in [3.63, 3.8) is 0 Å². The van der Waals surface area contributed by atoms with E-state index in [4.69, 9.17) is 10.5 Å². The Labute approximate surface area is 196 Å². The number of hydrogen-bond donors (Lipinski definition) is 1. The molecule has 2 N–H and O–H groups in total. The topological polar surface area (TPSA) is 82.3 Å². The fraction of sp³-hybridized carbons (Fsp3) is 0.607. The number of primary amides is 1. The molecule has 176 valence electrons. The molecule has 0 aliphatic heterocycles. The molecule has 5 heteroatoms. The van der Waals surface area contributed by atoms with Gasteiger partial charge in [-0.1, -0.05) is 37.6 Å². The molecule has 5 rings (SSSR count). The van der Waals surface area contributed by atoms with Gasteiger partial charge in [0.1, 0.15) is 6.10 Å². The molecule has 0 spiro atoms. The van der Waals surface area contributed by atoms with Crippen LogP contribution in [0.3, 0.4) is 0 Å². The number of aromatic nitrogens is 1. The van der Waals surface area contributed by atoms with Crippen molar-refractivity contribution in [2.24, 2.45) is 34.3 Å². The van der Waals surface area contributed by atoms with Gasteiger partial charge in [0.15, 0.2) is 0 Å². The highest BCUT2D eigenvalue weighted by atomic mass is 16.5. The standard InChI is InChI=1S/C28H36N2O3/c1-27-13-11-20(33-26(32)10-9-25(29)31)16-19(27)5-6-21-23-8-7-22(18-4-3-15-30-17-18)28(23,2)14-12-24(21)27/h3-5,7,15,17,20-21,23-24H,6,8-14,16H2,1-2H3,(H2,29,31). The van der Waals surface area contributed by atoms with Gasteiger partial charge in [-0.3, -0.25) is 14.6 Å². The molecular weight excluding hydrogens is 412 g/mol. The number of nitrogens with two attached hydrogens (primary N) is 1. The van der Waals surface area contributed by atoms with Gasteiger partial charge in [0.2, 0.25) is 5.91 Å². The molecule has 1 aromatic rings. The van der Waals surface area contributed by atoms with Crippen molar-refractivity contribution in [2.45, 2.75) is 77.7 Å². The number of rotatable bonds is 5. The van der Waals surface area contributed by atoms with Crippen LogP contribution in [-0.4, -0.2) is 23.0 Å². The molecule has 33 heavy (non-hydrogen) atoms. The van der Waals surface area contributed by atoms with Gasteiger partial charge < -0.3 is 10.5 Å². The second kappa shape index (κ2) is 8.41. The summed E-state index contributed by atoms with van der Waals surface area (Å²) in [6, 6.07) is 4.26. The van der Waals surface area contributed by atoms with Crippen molar-refractivity contribution in [1.82, 2.24) is 4.98 Å². The minimum atomic E-state index is -0.457. The molecular formula is C28H36N2O3. The fourth-order valence-corrected chi connectivity index (χ4v) is 7.74. The summed E-state index contributed by atoms with van der Waals surface area (Å²) in [6.07, 6.45) is 16.5. The molecule has 6 unspecified atom stereocenters. The normalized spacial score (nSPS) is 37.2. The number of fused-ring (bicyclic) bond motifs is 5. The van der Waals surface area contributed by atoms with E-state index in [1.165, 1.54) is 36.0 Å². The summed E-state index contributed by atoms with van der Waals surface area (Å²) in [6.45, 7) is 4.96. The summed E-state index contributed by atoms with van der Waals surface area (Å²) >= 11 is 0. The van der Waals surface area contributed by atoms with E-state index >= 15 is 0 Å². The van der Waals surface area contributed by atoms with Crippen molar-refractivity contribution in [3.05, 3.63) is 47.8 Å². The number of hydrogen-bond acceptors (Lipinski definition) is 4. The number of carbonyl (C=O) groups excluding carboxylic acids is 2. The van der Waals surface area contributed by atoms with Crippen molar-refractivity contribution in [1.29, 1.82) is 0 Å². The van der Waals surface area contributed by atoms with E-state index in [1.807, 2.05) is 18.5 Å². The zero-order chi connectivity index (χ0) is 23.2. The molecule has 0 aromatic carbocycles. The van der Waals surface area contributed by atoms with Crippen LogP contribution in [0.5, 0.6) is 0 Å².